The Balaban J connectivity index is 2.00. The number of hydrogen-bond donors (Lipinski definition) is 1. The fraction of sp³-hybridized carbons (Fsp3) is 0.500. The molecule has 1 aromatic rings. The summed E-state index contributed by atoms with van der Waals surface area (Å²) in [4.78, 5) is 12.3. The van der Waals surface area contributed by atoms with Gasteiger partial charge in [-0.25, -0.2) is 0 Å². The van der Waals surface area contributed by atoms with Crippen LogP contribution in [0.2, 0.25) is 0 Å². The van der Waals surface area contributed by atoms with Crippen LogP contribution in [-0.4, -0.2) is 23.5 Å². The predicted octanol–water partition coefficient (Wildman–Crippen LogP) is 4.62. The van der Waals surface area contributed by atoms with Gasteiger partial charge in [-0.2, -0.15) is 11.8 Å². The molecule has 1 aliphatic rings. The maximum atomic E-state index is 12.3. The number of rotatable bonds is 3. The van der Waals surface area contributed by atoms with Crippen LogP contribution in [0.1, 0.15) is 36.0 Å². The predicted molar refractivity (Wildman–Crippen MR) is 88.9 cm³/mol. The van der Waals surface area contributed by atoms with Gasteiger partial charge in [-0.1, -0.05) is 22.4 Å². The number of carbonyl (C=O) groups excluding carboxylic acids is 1. The third-order valence-electron chi connectivity index (χ3n) is 3.47. The molecule has 1 aromatic carbocycles. The minimum Gasteiger partial charge on any atom is -0.349 e. The van der Waals surface area contributed by atoms with Gasteiger partial charge in [0.15, 0.2) is 0 Å². The molecule has 0 spiro atoms. The third kappa shape index (κ3) is 4.23. The standard InChI is InChI=1S/C14H17Br2NOS/c1-19-11-4-2-3-10(8-11)17-14(18)12-6-5-9(15)7-13(12)16/h5-7,10-11H,2-4,8H2,1H3,(H,17,18). The molecule has 2 nitrogen and oxygen atoms in total. The second kappa shape index (κ2) is 7.14. The molecular weight excluding hydrogens is 390 g/mol. The topological polar surface area (TPSA) is 29.1 Å². The van der Waals surface area contributed by atoms with E-state index in [4.69, 9.17) is 0 Å². The molecule has 1 saturated carbocycles. The second-order valence-corrected chi connectivity index (χ2v) is 7.73. The molecule has 1 N–H and O–H groups in total. The zero-order chi connectivity index (χ0) is 13.8. The summed E-state index contributed by atoms with van der Waals surface area (Å²) in [5, 5.41) is 3.85. The number of thioether (sulfide) groups is 1. The maximum Gasteiger partial charge on any atom is 0.252 e. The van der Waals surface area contributed by atoms with E-state index < -0.39 is 0 Å². The first-order valence-corrected chi connectivity index (χ1v) is 9.26. The van der Waals surface area contributed by atoms with Gasteiger partial charge < -0.3 is 5.32 Å². The Morgan fingerprint density at radius 2 is 2.16 bits per heavy atom. The zero-order valence-electron chi connectivity index (χ0n) is 10.8. The van der Waals surface area contributed by atoms with Gasteiger partial charge in [0.25, 0.3) is 5.91 Å². The van der Waals surface area contributed by atoms with Crippen molar-refractivity contribution in [2.24, 2.45) is 0 Å². The smallest absolute Gasteiger partial charge is 0.252 e. The molecule has 0 aliphatic heterocycles. The van der Waals surface area contributed by atoms with Crippen LogP contribution >= 0.6 is 43.6 Å². The Morgan fingerprint density at radius 3 is 2.84 bits per heavy atom. The largest absolute Gasteiger partial charge is 0.349 e. The summed E-state index contributed by atoms with van der Waals surface area (Å²) in [6.45, 7) is 0. The summed E-state index contributed by atoms with van der Waals surface area (Å²) < 4.78 is 1.80. The van der Waals surface area contributed by atoms with Crippen molar-refractivity contribution in [2.45, 2.75) is 37.0 Å². The SMILES string of the molecule is CSC1CCCC(NC(=O)c2ccc(Br)cc2Br)C1. The Hall–Kier alpha value is -0.000000000000000111. The zero-order valence-corrected chi connectivity index (χ0v) is 14.8. The summed E-state index contributed by atoms with van der Waals surface area (Å²) in [6, 6.07) is 5.96. The maximum absolute atomic E-state index is 12.3. The highest BCUT2D eigenvalue weighted by atomic mass is 79.9. The van der Waals surface area contributed by atoms with Crippen LogP contribution in [0.4, 0.5) is 0 Å². The molecule has 1 amide bonds. The normalized spacial score (nSPS) is 23.1. The van der Waals surface area contributed by atoms with Crippen LogP contribution in [0.25, 0.3) is 0 Å². The van der Waals surface area contributed by atoms with Crippen molar-refractivity contribution < 1.29 is 4.79 Å². The van der Waals surface area contributed by atoms with Crippen molar-refractivity contribution >= 4 is 49.5 Å². The number of halogens is 2. The molecule has 0 aromatic heterocycles. The lowest BCUT2D eigenvalue weighted by molar-refractivity contribution is 0.0927. The van der Waals surface area contributed by atoms with E-state index in [9.17, 15) is 4.79 Å². The lowest BCUT2D eigenvalue weighted by Crippen LogP contribution is -2.39. The third-order valence-corrected chi connectivity index (χ3v) is 5.71. The van der Waals surface area contributed by atoms with E-state index in [1.165, 1.54) is 12.8 Å². The summed E-state index contributed by atoms with van der Waals surface area (Å²) in [6.07, 6.45) is 6.81. The van der Waals surface area contributed by atoms with E-state index in [2.05, 4.69) is 43.4 Å². The molecule has 0 heterocycles. The Morgan fingerprint density at radius 1 is 1.37 bits per heavy atom. The number of amides is 1. The molecule has 2 unspecified atom stereocenters. The molecule has 2 atom stereocenters. The summed E-state index contributed by atoms with van der Waals surface area (Å²) in [5.74, 6) is 0.0196. The molecule has 2 rings (SSSR count). The first-order chi connectivity index (χ1) is 9.10. The van der Waals surface area contributed by atoms with Gasteiger partial charge in [0.2, 0.25) is 0 Å². The van der Waals surface area contributed by atoms with Gasteiger partial charge in [0, 0.05) is 20.2 Å². The molecule has 104 valence electrons. The van der Waals surface area contributed by atoms with E-state index in [1.54, 1.807) is 0 Å². The Labute approximate surface area is 135 Å². The van der Waals surface area contributed by atoms with Gasteiger partial charge in [0.05, 0.1) is 5.56 Å². The number of nitrogens with one attached hydrogen (secondary N) is 1. The van der Waals surface area contributed by atoms with Crippen LogP contribution in [0.3, 0.4) is 0 Å². The lowest BCUT2D eigenvalue weighted by atomic mass is 9.94. The summed E-state index contributed by atoms with van der Waals surface area (Å²) in [7, 11) is 0. The molecule has 19 heavy (non-hydrogen) atoms. The molecule has 0 radical (unpaired) electrons. The van der Waals surface area contributed by atoms with Crippen molar-refractivity contribution in [3.63, 3.8) is 0 Å². The molecule has 0 bridgehead atoms. The van der Waals surface area contributed by atoms with Gasteiger partial charge in [-0.15, -0.1) is 0 Å². The summed E-state index contributed by atoms with van der Waals surface area (Å²) in [5.41, 5.74) is 0.703. The number of hydrogen-bond acceptors (Lipinski definition) is 2. The fourth-order valence-electron chi connectivity index (χ4n) is 2.43. The molecule has 1 aliphatic carbocycles. The molecule has 1 fully saturated rings. The van der Waals surface area contributed by atoms with Crippen molar-refractivity contribution in [1.82, 2.24) is 5.32 Å². The van der Waals surface area contributed by atoms with Gasteiger partial charge in [-0.05, 0) is 59.6 Å². The van der Waals surface area contributed by atoms with Gasteiger partial charge in [-0.3, -0.25) is 4.79 Å². The number of benzene rings is 1. The van der Waals surface area contributed by atoms with E-state index in [0.717, 1.165) is 21.8 Å². The van der Waals surface area contributed by atoms with E-state index in [0.29, 0.717) is 16.9 Å². The van der Waals surface area contributed by atoms with Gasteiger partial charge in [0.1, 0.15) is 0 Å². The monoisotopic (exact) mass is 405 g/mol. The van der Waals surface area contributed by atoms with E-state index in [1.807, 2.05) is 30.0 Å². The molecule has 0 saturated heterocycles. The van der Waals surface area contributed by atoms with Crippen LogP contribution in [0.5, 0.6) is 0 Å². The minimum absolute atomic E-state index is 0.0196. The van der Waals surface area contributed by atoms with E-state index in [-0.39, 0.29) is 5.91 Å². The highest BCUT2D eigenvalue weighted by Gasteiger charge is 2.23. The average molecular weight is 407 g/mol. The number of carbonyl (C=O) groups is 1. The van der Waals surface area contributed by atoms with Crippen LogP contribution < -0.4 is 5.32 Å². The minimum atomic E-state index is 0.0196. The van der Waals surface area contributed by atoms with Crippen LogP contribution in [0, 0.1) is 0 Å². The highest BCUT2D eigenvalue weighted by Crippen LogP contribution is 2.28. The first-order valence-electron chi connectivity index (χ1n) is 6.39. The van der Waals surface area contributed by atoms with Crippen molar-refractivity contribution in [1.29, 1.82) is 0 Å². The average Bonchev–Trinajstić information content (AvgIpc) is 2.38. The van der Waals surface area contributed by atoms with E-state index >= 15 is 0 Å². The first kappa shape index (κ1) is 15.4. The van der Waals surface area contributed by atoms with Gasteiger partial charge >= 0.3 is 0 Å². The quantitative estimate of drug-likeness (QED) is 0.793. The summed E-state index contributed by atoms with van der Waals surface area (Å²) >= 11 is 8.75. The fourth-order valence-corrected chi connectivity index (χ4v) is 4.48. The van der Waals surface area contributed by atoms with Crippen molar-refractivity contribution in [2.75, 3.05) is 6.26 Å². The van der Waals surface area contributed by atoms with Crippen LogP contribution in [0.15, 0.2) is 27.1 Å². The second-order valence-electron chi connectivity index (χ2n) is 4.82. The lowest BCUT2D eigenvalue weighted by Gasteiger charge is -2.28. The van der Waals surface area contributed by atoms with Crippen molar-refractivity contribution in [3.05, 3.63) is 32.7 Å². The molecule has 5 heteroatoms. The highest BCUT2D eigenvalue weighted by molar-refractivity contribution is 9.11. The Bertz CT molecular complexity index is 467. The Kier molecular flexibility index (Phi) is 5.78. The van der Waals surface area contributed by atoms with Crippen LogP contribution in [-0.2, 0) is 0 Å². The molecular formula is C14H17Br2NOS. The van der Waals surface area contributed by atoms with Crippen molar-refractivity contribution in [3.8, 4) is 0 Å².